The number of carbonyl (C=O) groups is 4. The molecule has 2 amide bonds. The largest absolute Gasteiger partial charge is 0.493 e. The van der Waals surface area contributed by atoms with Gasteiger partial charge in [0.15, 0.2) is 23.1 Å². The van der Waals surface area contributed by atoms with Gasteiger partial charge >= 0.3 is 6.09 Å². The highest BCUT2D eigenvalue weighted by molar-refractivity contribution is 6.13. The Balaban J connectivity index is 1.23. The molecule has 1 saturated carbocycles. The van der Waals surface area contributed by atoms with E-state index >= 15 is 0 Å². The molecule has 0 unspecified atom stereocenters. The van der Waals surface area contributed by atoms with Crippen LogP contribution in [-0.2, 0) is 9.59 Å². The standard InChI is InChI=1S/C30H35N5O8/c1-13(2)22(31)28(38)32-7-8-43-25-20(41-3)10-14-9-18(34-23(14)26(25)42-4)24(36)19-11-15-17(33-19)5-6-21-30(15)16(27(30)37)12-35(21)29(39)40/h6,9-11,13,16-17,19,22,33-34H,5,7-8,12,31H2,1-4H3,(H,32,38)(H,39,40)/t16-,17+,19-,22+,30+/m1/s1. The number of carboxylic acid groups (broad SMARTS) is 1. The Morgan fingerprint density at radius 1 is 1.21 bits per heavy atom. The van der Waals surface area contributed by atoms with Crippen molar-refractivity contribution < 1.29 is 38.5 Å². The highest BCUT2D eigenvalue weighted by Crippen LogP contribution is 2.67. The number of nitrogens with two attached hydrogens (primary N) is 1. The number of hydrogen-bond donors (Lipinski definition) is 5. The highest BCUT2D eigenvalue weighted by atomic mass is 16.5. The van der Waals surface area contributed by atoms with E-state index in [0.29, 0.717) is 46.0 Å². The van der Waals surface area contributed by atoms with E-state index < -0.39 is 29.5 Å². The van der Waals surface area contributed by atoms with Crippen molar-refractivity contribution in [1.82, 2.24) is 20.5 Å². The maximum Gasteiger partial charge on any atom is 0.411 e. The van der Waals surface area contributed by atoms with Gasteiger partial charge in [0, 0.05) is 23.7 Å². The van der Waals surface area contributed by atoms with Crippen molar-refractivity contribution in [3.63, 3.8) is 0 Å². The van der Waals surface area contributed by atoms with Crippen molar-refractivity contribution in [2.24, 2.45) is 23.0 Å². The molecule has 1 aromatic heterocycles. The molecular weight excluding hydrogens is 558 g/mol. The van der Waals surface area contributed by atoms with Gasteiger partial charge in [-0.05, 0) is 30.0 Å². The van der Waals surface area contributed by atoms with E-state index in [4.69, 9.17) is 19.9 Å². The summed E-state index contributed by atoms with van der Waals surface area (Å²) in [6, 6.07) is 1.89. The van der Waals surface area contributed by atoms with Crippen LogP contribution in [0.4, 0.5) is 4.79 Å². The number of rotatable bonds is 10. The van der Waals surface area contributed by atoms with E-state index in [9.17, 15) is 24.3 Å². The van der Waals surface area contributed by atoms with Gasteiger partial charge in [0.1, 0.15) is 12.0 Å². The number of nitrogens with zero attached hydrogens (tertiary/aromatic N) is 1. The van der Waals surface area contributed by atoms with E-state index in [1.807, 2.05) is 19.9 Å². The zero-order valence-corrected chi connectivity index (χ0v) is 24.4. The predicted molar refractivity (Wildman–Crippen MR) is 154 cm³/mol. The number of carbonyl (C=O) groups excluding carboxylic acids is 3. The van der Waals surface area contributed by atoms with Gasteiger partial charge in [-0.15, -0.1) is 0 Å². The van der Waals surface area contributed by atoms with Crippen LogP contribution >= 0.6 is 0 Å². The molecule has 13 heteroatoms. The van der Waals surface area contributed by atoms with Crippen LogP contribution in [0.5, 0.6) is 17.2 Å². The molecular formula is C30H35N5O8. The fraction of sp³-hybridized carbons (Fsp3) is 0.467. The number of allylic oxidation sites excluding steroid dienone is 1. The van der Waals surface area contributed by atoms with Gasteiger partial charge in [-0.25, -0.2) is 4.79 Å². The van der Waals surface area contributed by atoms with Gasteiger partial charge in [0.05, 0.1) is 50.0 Å². The summed E-state index contributed by atoms with van der Waals surface area (Å²) in [6.45, 7) is 4.23. The van der Waals surface area contributed by atoms with Crippen LogP contribution in [0.3, 0.4) is 0 Å². The molecule has 0 bridgehead atoms. The van der Waals surface area contributed by atoms with E-state index in [2.05, 4.69) is 15.6 Å². The molecule has 2 aromatic rings. The summed E-state index contributed by atoms with van der Waals surface area (Å²) in [5.41, 5.74) is 7.11. The summed E-state index contributed by atoms with van der Waals surface area (Å²) in [6.07, 6.45) is 3.01. The molecule has 228 valence electrons. The van der Waals surface area contributed by atoms with Crippen molar-refractivity contribution >= 4 is 34.5 Å². The molecule has 2 aliphatic heterocycles. The van der Waals surface area contributed by atoms with Crippen molar-refractivity contribution in [3.8, 4) is 17.2 Å². The fourth-order valence-electron chi connectivity index (χ4n) is 6.69. The van der Waals surface area contributed by atoms with Crippen LogP contribution in [0.1, 0.15) is 30.8 Å². The van der Waals surface area contributed by atoms with E-state index in [1.54, 1.807) is 18.2 Å². The first-order chi connectivity index (χ1) is 20.5. The summed E-state index contributed by atoms with van der Waals surface area (Å²) in [5.74, 6) is 0.150. The molecule has 6 rings (SSSR count). The van der Waals surface area contributed by atoms with Crippen molar-refractivity contribution in [1.29, 1.82) is 0 Å². The van der Waals surface area contributed by atoms with Gasteiger partial charge in [0.2, 0.25) is 11.7 Å². The summed E-state index contributed by atoms with van der Waals surface area (Å²) < 4.78 is 17.2. The topological polar surface area (TPSA) is 185 Å². The minimum atomic E-state index is -1.07. The molecule has 43 heavy (non-hydrogen) atoms. The minimum Gasteiger partial charge on any atom is -0.493 e. The lowest BCUT2D eigenvalue weighted by Crippen LogP contribution is -2.45. The third-order valence-electron chi connectivity index (χ3n) is 8.97. The number of benzene rings is 1. The number of piperidine rings is 1. The number of H-pyrrole nitrogens is 1. The summed E-state index contributed by atoms with van der Waals surface area (Å²) in [4.78, 5) is 55.0. The second-order valence-corrected chi connectivity index (χ2v) is 11.6. The number of ketones is 2. The van der Waals surface area contributed by atoms with Crippen LogP contribution in [0.15, 0.2) is 35.6 Å². The first-order valence-electron chi connectivity index (χ1n) is 14.3. The second-order valence-electron chi connectivity index (χ2n) is 11.6. The molecule has 5 atom stereocenters. The molecule has 2 aliphatic carbocycles. The van der Waals surface area contributed by atoms with Crippen molar-refractivity contribution in [3.05, 3.63) is 41.2 Å². The monoisotopic (exact) mass is 593 g/mol. The summed E-state index contributed by atoms with van der Waals surface area (Å²) in [5, 5.41) is 16.4. The third-order valence-corrected chi connectivity index (χ3v) is 8.97. The molecule has 4 aliphatic rings. The SMILES string of the molecule is COc1cc2cc(C(=O)[C@H]3C=C4[C@H](CC=C5N(C(=O)O)C[C@@H]6C(=O)[C@]456)N3)[nH]c2c(OC)c1OCCNC(=O)[C@@H](N)C(C)C. The smallest absolute Gasteiger partial charge is 0.411 e. The van der Waals surface area contributed by atoms with Crippen LogP contribution in [0, 0.1) is 17.3 Å². The number of aromatic amines is 1. The number of Topliss-reactive ketones (excluding diaryl/α,β-unsaturated/α-hetero) is 2. The number of fused-ring (bicyclic) bond motifs is 2. The molecule has 0 radical (unpaired) electrons. The quantitative estimate of drug-likeness (QED) is 0.154. The lowest BCUT2D eigenvalue weighted by molar-refractivity contribution is -0.123. The van der Waals surface area contributed by atoms with Crippen LogP contribution in [0.25, 0.3) is 10.9 Å². The number of amides is 2. The van der Waals surface area contributed by atoms with Gasteiger partial charge in [0.25, 0.3) is 0 Å². The molecule has 2 fully saturated rings. The molecule has 6 N–H and O–H groups in total. The lowest BCUT2D eigenvalue weighted by atomic mass is 9.81. The average Bonchev–Trinajstić information content (AvgIpc) is 3.46. The number of nitrogens with one attached hydrogen (secondary N) is 3. The van der Waals surface area contributed by atoms with Crippen molar-refractivity contribution in [2.45, 2.75) is 38.4 Å². The van der Waals surface area contributed by atoms with E-state index in [1.165, 1.54) is 19.1 Å². The van der Waals surface area contributed by atoms with Gasteiger partial charge in [-0.1, -0.05) is 26.0 Å². The maximum absolute atomic E-state index is 13.7. The summed E-state index contributed by atoms with van der Waals surface area (Å²) in [7, 11) is 2.98. The second kappa shape index (κ2) is 10.4. The van der Waals surface area contributed by atoms with E-state index in [0.717, 1.165) is 5.57 Å². The molecule has 1 saturated heterocycles. The Morgan fingerprint density at radius 2 is 1.98 bits per heavy atom. The molecule has 1 spiro atoms. The number of ether oxygens (including phenoxy) is 3. The Bertz CT molecular complexity index is 1610. The third kappa shape index (κ3) is 4.28. The van der Waals surface area contributed by atoms with Crippen LogP contribution < -0.4 is 30.6 Å². The Kier molecular flexibility index (Phi) is 6.97. The number of likely N-dealkylation sites (tertiary alicyclic amines) is 1. The van der Waals surface area contributed by atoms with Crippen molar-refractivity contribution in [2.75, 3.05) is 33.9 Å². The number of methoxy groups -OCH3 is 2. The first-order valence-corrected chi connectivity index (χ1v) is 14.3. The Hall–Kier alpha value is -4.36. The zero-order chi connectivity index (χ0) is 30.8. The lowest BCUT2D eigenvalue weighted by Gasteiger charge is -2.30. The van der Waals surface area contributed by atoms with E-state index in [-0.39, 0.29) is 49.1 Å². The number of hydrogen-bond acceptors (Lipinski definition) is 9. The first kappa shape index (κ1) is 28.7. The summed E-state index contributed by atoms with van der Waals surface area (Å²) >= 11 is 0. The normalized spacial score (nSPS) is 25.9. The highest BCUT2D eigenvalue weighted by Gasteiger charge is 2.76. The molecule has 13 nitrogen and oxygen atoms in total. The zero-order valence-electron chi connectivity index (χ0n) is 24.4. The minimum absolute atomic E-state index is 0.0000714. The Morgan fingerprint density at radius 3 is 2.65 bits per heavy atom. The molecule has 1 aromatic carbocycles. The predicted octanol–water partition coefficient (Wildman–Crippen LogP) is 1.58. The Labute approximate surface area is 247 Å². The maximum atomic E-state index is 13.7. The average molecular weight is 594 g/mol. The van der Waals surface area contributed by atoms with Gasteiger partial charge < -0.3 is 35.4 Å². The van der Waals surface area contributed by atoms with Crippen LogP contribution in [-0.4, -0.2) is 90.6 Å². The number of aromatic nitrogens is 1. The van der Waals surface area contributed by atoms with Gasteiger partial charge in [-0.2, -0.15) is 0 Å². The molecule has 3 heterocycles. The van der Waals surface area contributed by atoms with Gasteiger partial charge in [-0.3, -0.25) is 24.6 Å². The fourth-order valence-corrected chi connectivity index (χ4v) is 6.69. The van der Waals surface area contributed by atoms with Crippen LogP contribution in [0.2, 0.25) is 0 Å².